The van der Waals surface area contributed by atoms with Crippen molar-refractivity contribution in [2.45, 2.75) is 17.8 Å². The number of thiophene rings is 1. The molecule has 0 aliphatic rings. The Hall–Kier alpha value is -2.06. The summed E-state index contributed by atoms with van der Waals surface area (Å²) in [5.74, 6) is 1.19. The molecule has 0 atom stereocenters. The molecule has 120 valence electrons. The van der Waals surface area contributed by atoms with Gasteiger partial charge in [0.15, 0.2) is 5.16 Å². The number of hydrogen-bond acceptors (Lipinski definition) is 7. The number of thioether (sulfide) groups is 1. The van der Waals surface area contributed by atoms with E-state index in [9.17, 15) is 9.59 Å². The van der Waals surface area contributed by atoms with Crippen LogP contribution in [0.15, 0.2) is 31.9 Å². The Labute approximate surface area is 140 Å². The maximum Gasteiger partial charge on any atom is 0.341 e. The van der Waals surface area contributed by atoms with Gasteiger partial charge in [-0.3, -0.25) is 9.36 Å². The molecule has 6 nitrogen and oxygen atoms in total. The fraction of sp³-hybridized carbons (Fsp3) is 0.267. The minimum atomic E-state index is -0.423. The zero-order chi connectivity index (χ0) is 16.6. The molecule has 0 saturated carbocycles. The Kier molecular flexibility index (Phi) is 4.27. The van der Waals surface area contributed by atoms with E-state index in [0.29, 0.717) is 33.4 Å². The maximum absolute atomic E-state index is 12.2. The summed E-state index contributed by atoms with van der Waals surface area (Å²) in [5, 5.41) is 3.09. The van der Waals surface area contributed by atoms with E-state index in [-0.39, 0.29) is 5.56 Å². The summed E-state index contributed by atoms with van der Waals surface area (Å²) < 4.78 is 11.8. The lowest BCUT2D eigenvalue weighted by atomic mass is 10.2. The van der Waals surface area contributed by atoms with E-state index in [4.69, 9.17) is 9.15 Å². The van der Waals surface area contributed by atoms with Gasteiger partial charge >= 0.3 is 5.97 Å². The summed E-state index contributed by atoms with van der Waals surface area (Å²) in [5.41, 5.74) is 0.350. The molecule has 0 aliphatic carbocycles. The van der Waals surface area contributed by atoms with Crippen LogP contribution in [0.4, 0.5) is 0 Å². The second-order valence-electron chi connectivity index (χ2n) is 4.86. The number of aryl methyl sites for hydroxylation is 1. The van der Waals surface area contributed by atoms with Crippen LogP contribution in [0, 0.1) is 6.92 Å². The van der Waals surface area contributed by atoms with E-state index in [2.05, 4.69) is 4.98 Å². The molecule has 0 amide bonds. The monoisotopic (exact) mass is 350 g/mol. The predicted molar refractivity (Wildman–Crippen MR) is 89.2 cm³/mol. The van der Waals surface area contributed by atoms with Crippen LogP contribution in [-0.2, 0) is 17.5 Å². The van der Waals surface area contributed by atoms with Crippen molar-refractivity contribution in [2.75, 3.05) is 7.11 Å². The largest absolute Gasteiger partial charge is 0.465 e. The molecule has 0 spiro atoms. The van der Waals surface area contributed by atoms with E-state index in [1.54, 1.807) is 26.1 Å². The Morgan fingerprint density at radius 1 is 1.52 bits per heavy atom. The van der Waals surface area contributed by atoms with Crippen molar-refractivity contribution in [3.8, 4) is 0 Å². The third-order valence-corrected chi connectivity index (χ3v) is 5.24. The quantitative estimate of drug-likeness (QED) is 0.409. The standard InChI is InChI=1S/C15H14N2O4S2/c1-8-11(14(19)20-3)6-9(21-8)7-23-15-16-12-10(4-5-22-12)13(18)17(15)2/h4-6H,7H2,1-3H3. The summed E-state index contributed by atoms with van der Waals surface area (Å²) in [6.45, 7) is 1.71. The van der Waals surface area contributed by atoms with Crippen molar-refractivity contribution in [1.29, 1.82) is 0 Å². The zero-order valence-corrected chi connectivity index (χ0v) is 14.4. The lowest BCUT2D eigenvalue weighted by Crippen LogP contribution is -2.19. The lowest BCUT2D eigenvalue weighted by molar-refractivity contribution is 0.0599. The topological polar surface area (TPSA) is 74.3 Å². The molecule has 0 aliphatic heterocycles. The highest BCUT2D eigenvalue weighted by molar-refractivity contribution is 7.98. The van der Waals surface area contributed by atoms with Gasteiger partial charge in [-0.05, 0) is 24.4 Å². The molecule has 0 N–H and O–H groups in total. The highest BCUT2D eigenvalue weighted by atomic mass is 32.2. The van der Waals surface area contributed by atoms with Crippen molar-refractivity contribution in [1.82, 2.24) is 9.55 Å². The number of carbonyl (C=O) groups excluding carboxylic acids is 1. The minimum absolute atomic E-state index is 0.0652. The van der Waals surface area contributed by atoms with Gasteiger partial charge in [0.1, 0.15) is 21.9 Å². The predicted octanol–water partition coefficient (Wildman–Crippen LogP) is 2.98. The first-order chi connectivity index (χ1) is 11.0. The first-order valence-electron chi connectivity index (χ1n) is 6.76. The highest BCUT2D eigenvalue weighted by Gasteiger charge is 2.16. The Morgan fingerprint density at radius 3 is 3.04 bits per heavy atom. The molecule has 3 aromatic rings. The molecule has 3 rings (SSSR count). The first-order valence-corrected chi connectivity index (χ1v) is 8.62. The Bertz CT molecular complexity index is 939. The van der Waals surface area contributed by atoms with Gasteiger partial charge in [0.25, 0.3) is 5.56 Å². The summed E-state index contributed by atoms with van der Waals surface area (Å²) in [7, 11) is 3.03. The second-order valence-corrected chi connectivity index (χ2v) is 6.70. The number of furan rings is 1. The summed E-state index contributed by atoms with van der Waals surface area (Å²) >= 11 is 2.82. The van der Waals surface area contributed by atoms with Crippen LogP contribution in [0.5, 0.6) is 0 Å². The van der Waals surface area contributed by atoms with Crippen LogP contribution in [-0.4, -0.2) is 22.6 Å². The number of esters is 1. The molecule has 3 heterocycles. The van der Waals surface area contributed by atoms with Gasteiger partial charge in [-0.15, -0.1) is 11.3 Å². The summed E-state index contributed by atoms with van der Waals surface area (Å²) in [4.78, 5) is 29.1. The average molecular weight is 350 g/mol. The number of hydrogen-bond donors (Lipinski definition) is 0. The molecule has 0 fully saturated rings. The fourth-order valence-corrected chi connectivity index (χ4v) is 3.83. The van der Waals surface area contributed by atoms with Crippen molar-refractivity contribution in [3.05, 3.63) is 45.0 Å². The molecule has 0 bridgehead atoms. The van der Waals surface area contributed by atoms with Gasteiger partial charge in [0, 0.05) is 7.05 Å². The molecule has 0 radical (unpaired) electrons. The van der Waals surface area contributed by atoms with E-state index in [1.807, 2.05) is 5.38 Å². The molecular formula is C15H14N2O4S2. The molecule has 8 heteroatoms. The van der Waals surface area contributed by atoms with Gasteiger partial charge in [-0.2, -0.15) is 0 Å². The number of fused-ring (bicyclic) bond motifs is 1. The van der Waals surface area contributed by atoms with Gasteiger partial charge in [-0.1, -0.05) is 11.8 Å². The van der Waals surface area contributed by atoms with Gasteiger partial charge in [-0.25, -0.2) is 9.78 Å². The first kappa shape index (κ1) is 15.8. The van der Waals surface area contributed by atoms with Crippen LogP contribution < -0.4 is 5.56 Å². The van der Waals surface area contributed by atoms with E-state index >= 15 is 0 Å². The van der Waals surface area contributed by atoms with Crippen LogP contribution >= 0.6 is 23.1 Å². The van der Waals surface area contributed by atoms with Crippen LogP contribution in [0.1, 0.15) is 21.9 Å². The smallest absolute Gasteiger partial charge is 0.341 e. The van der Waals surface area contributed by atoms with E-state index in [1.165, 1.54) is 34.8 Å². The lowest BCUT2D eigenvalue weighted by Gasteiger charge is -2.05. The molecule has 0 saturated heterocycles. The summed E-state index contributed by atoms with van der Waals surface area (Å²) in [6.07, 6.45) is 0. The third-order valence-electron chi connectivity index (χ3n) is 3.38. The molecule has 0 unspecified atom stereocenters. The van der Waals surface area contributed by atoms with Crippen LogP contribution in [0.2, 0.25) is 0 Å². The van der Waals surface area contributed by atoms with E-state index < -0.39 is 5.97 Å². The Balaban J connectivity index is 1.85. The molecular weight excluding hydrogens is 336 g/mol. The number of carbonyl (C=O) groups is 1. The van der Waals surface area contributed by atoms with Crippen molar-refractivity contribution in [3.63, 3.8) is 0 Å². The second kappa shape index (κ2) is 6.21. The number of ether oxygens (including phenoxy) is 1. The van der Waals surface area contributed by atoms with Gasteiger partial charge < -0.3 is 9.15 Å². The summed E-state index contributed by atoms with van der Waals surface area (Å²) in [6, 6.07) is 3.44. The number of aromatic nitrogens is 2. The third kappa shape index (κ3) is 2.91. The molecule has 0 aromatic carbocycles. The van der Waals surface area contributed by atoms with Crippen LogP contribution in [0.3, 0.4) is 0 Å². The number of methoxy groups -OCH3 is 1. The Morgan fingerprint density at radius 2 is 2.30 bits per heavy atom. The highest BCUT2D eigenvalue weighted by Crippen LogP contribution is 2.25. The van der Waals surface area contributed by atoms with Crippen molar-refractivity contribution >= 4 is 39.3 Å². The maximum atomic E-state index is 12.2. The minimum Gasteiger partial charge on any atom is -0.465 e. The molecule has 3 aromatic heterocycles. The zero-order valence-electron chi connectivity index (χ0n) is 12.8. The fourth-order valence-electron chi connectivity index (χ4n) is 2.17. The van der Waals surface area contributed by atoms with E-state index in [0.717, 1.165) is 4.83 Å². The van der Waals surface area contributed by atoms with Gasteiger partial charge in [0.2, 0.25) is 0 Å². The normalized spacial score (nSPS) is 11.1. The number of rotatable bonds is 4. The SMILES string of the molecule is COC(=O)c1cc(CSc2nc3sccc3c(=O)n2C)oc1C. The van der Waals surface area contributed by atoms with Crippen LogP contribution in [0.25, 0.3) is 10.2 Å². The van der Waals surface area contributed by atoms with Crippen molar-refractivity contribution in [2.24, 2.45) is 7.05 Å². The van der Waals surface area contributed by atoms with Crippen molar-refractivity contribution < 1.29 is 13.9 Å². The average Bonchev–Trinajstić information content (AvgIpc) is 3.15. The number of nitrogens with zero attached hydrogens (tertiary/aromatic N) is 2. The molecule has 23 heavy (non-hydrogen) atoms. The van der Waals surface area contributed by atoms with Gasteiger partial charge in [0.05, 0.1) is 18.2 Å².